The van der Waals surface area contributed by atoms with Gasteiger partial charge in [0.1, 0.15) is 11.5 Å². The molecule has 4 aromatic rings. The van der Waals surface area contributed by atoms with E-state index in [1.165, 1.54) is 11.3 Å². The van der Waals surface area contributed by atoms with Crippen LogP contribution in [0.5, 0.6) is 11.5 Å². The summed E-state index contributed by atoms with van der Waals surface area (Å²) in [7, 11) is 0. The highest BCUT2D eigenvalue weighted by Crippen LogP contribution is 2.31. The number of carbonyl (C=O) groups excluding carboxylic acids is 1. The molecule has 1 aromatic heterocycles. The Morgan fingerprint density at radius 2 is 1.67 bits per heavy atom. The van der Waals surface area contributed by atoms with Gasteiger partial charge in [-0.25, -0.2) is 4.98 Å². The van der Waals surface area contributed by atoms with Gasteiger partial charge in [0.05, 0.1) is 10.2 Å². The Labute approximate surface area is 161 Å². The van der Waals surface area contributed by atoms with Crippen LogP contribution in [-0.2, 0) is 0 Å². The molecule has 0 saturated heterocycles. The van der Waals surface area contributed by atoms with Gasteiger partial charge in [0.15, 0.2) is 5.13 Å². The predicted molar refractivity (Wildman–Crippen MR) is 110 cm³/mol. The molecule has 0 atom stereocenters. The molecule has 27 heavy (non-hydrogen) atoms. The number of rotatable bonds is 4. The fourth-order valence-corrected chi connectivity index (χ4v) is 3.81. The Morgan fingerprint density at radius 3 is 2.44 bits per heavy atom. The first-order valence-corrected chi connectivity index (χ1v) is 9.43. The van der Waals surface area contributed by atoms with Gasteiger partial charge in [0, 0.05) is 5.56 Å². The van der Waals surface area contributed by atoms with E-state index in [0.717, 1.165) is 27.1 Å². The summed E-state index contributed by atoms with van der Waals surface area (Å²) in [5.74, 6) is 1.14. The average Bonchev–Trinajstić information content (AvgIpc) is 3.11. The average molecular weight is 374 g/mol. The van der Waals surface area contributed by atoms with Gasteiger partial charge in [-0.2, -0.15) is 0 Å². The van der Waals surface area contributed by atoms with Gasteiger partial charge in [-0.3, -0.25) is 10.1 Å². The molecule has 0 bridgehead atoms. The molecule has 0 radical (unpaired) electrons. The molecule has 134 valence electrons. The molecule has 3 aromatic carbocycles. The molecule has 4 nitrogen and oxygen atoms in total. The van der Waals surface area contributed by atoms with E-state index < -0.39 is 0 Å². The standard InChI is InChI=1S/C22H18N2O2S/c1-14-11-12-15(2)20-19(14)23-22(27-20)24-21(25)16-7-6-10-18(13-16)26-17-8-4-3-5-9-17/h3-13H,1-2H3,(H,23,24,25). The Hall–Kier alpha value is -3.18. The number of ether oxygens (including phenoxy) is 1. The molecule has 0 aliphatic carbocycles. The third-order valence-corrected chi connectivity index (χ3v) is 5.34. The summed E-state index contributed by atoms with van der Waals surface area (Å²) in [5.41, 5.74) is 3.73. The maximum atomic E-state index is 12.7. The SMILES string of the molecule is Cc1ccc(C)c2sc(NC(=O)c3cccc(Oc4ccccc4)c3)nc12. The number of hydrogen-bond acceptors (Lipinski definition) is 4. The summed E-state index contributed by atoms with van der Waals surface area (Å²) in [6, 6.07) is 20.7. The van der Waals surface area contributed by atoms with Crippen LogP contribution in [0.15, 0.2) is 66.7 Å². The lowest BCUT2D eigenvalue weighted by molar-refractivity contribution is 0.102. The second-order valence-corrected chi connectivity index (χ2v) is 7.29. The van der Waals surface area contributed by atoms with Crippen LogP contribution in [0.4, 0.5) is 5.13 Å². The van der Waals surface area contributed by atoms with Crippen molar-refractivity contribution in [2.75, 3.05) is 5.32 Å². The van der Waals surface area contributed by atoms with Gasteiger partial charge in [-0.15, -0.1) is 0 Å². The molecule has 1 heterocycles. The van der Waals surface area contributed by atoms with E-state index in [4.69, 9.17) is 4.74 Å². The van der Waals surface area contributed by atoms with E-state index in [1.54, 1.807) is 18.2 Å². The highest BCUT2D eigenvalue weighted by atomic mass is 32.1. The van der Waals surface area contributed by atoms with Gasteiger partial charge in [-0.1, -0.05) is 47.7 Å². The second kappa shape index (κ2) is 7.21. The van der Waals surface area contributed by atoms with Crippen LogP contribution in [0, 0.1) is 13.8 Å². The zero-order valence-corrected chi connectivity index (χ0v) is 15.8. The van der Waals surface area contributed by atoms with E-state index in [2.05, 4.69) is 23.3 Å². The minimum absolute atomic E-state index is 0.206. The number of amides is 1. The zero-order valence-electron chi connectivity index (χ0n) is 15.0. The number of fused-ring (bicyclic) bond motifs is 1. The van der Waals surface area contributed by atoms with E-state index in [0.29, 0.717) is 16.4 Å². The highest BCUT2D eigenvalue weighted by Gasteiger charge is 2.13. The summed E-state index contributed by atoms with van der Waals surface area (Å²) < 4.78 is 6.91. The van der Waals surface area contributed by atoms with Gasteiger partial charge in [0.2, 0.25) is 0 Å². The number of nitrogens with one attached hydrogen (secondary N) is 1. The number of hydrogen-bond donors (Lipinski definition) is 1. The summed E-state index contributed by atoms with van der Waals surface area (Å²) in [4.78, 5) is 17.2. The number of nitrogens with zero attached hydrogens (tertiary/aromatic N) is 1. The van der Waals surface area contributed by atoms with Gasteiger partial charge < -0.3 is 4.74 Å². The summed E-state index contributed by atoms with van der Waals surface area (Å²) in [5, 5.41) is 3.50. The van der Waals surface area contributed by atoms with Crippen LogP contribution >= 0.6 is 11.3 Å². The minimum atomic E-state index is -0.206. The molecule has 0 saturated carbocycles. The quantitative estimate of drug-likeness (QED) is 0.480. The Kier molecular flexibility index (Phi) is 4.60. The molecular formula is C22H18N2O2S. The zero-order chi connectivity index (χ0) is 18.8. The molecule has 0 aliphatic rings. The van der Waals surface area contributed by atoms with E-state index in [1.807, 2.05) is 49.4 Å². The van der Waals surface area contributed by atoms with Crippen molar-refractivity contribution in [2.45, 2.75) is 13.8 Å². The monoisotopic (exact) mass is 374 g/mol. The van der Waals surface area contributed by atoms with Crippen molar-refractivity contribution in [3.8, 4) is 11.5 Å². The largest absolute Gasteiger partial charge is 0.457 e. The molecule has 4 rings (SSSR count). The van der Waals surface area contributed by atoms with Crippen molar-refractivity contribution in [3.63, 3.8) is 0 Å². The number of aryl methyl sites for hydroxylation is 2. The highest BCUT2D eigenvalue weighted by molar-refractivity contribution is 7.22. The number of carbonyl (C=O) groups is 1. The smallest absolute Gasteiger partial charge is 0.257 e. The molecule has 5 heteroatoms. The van der Waals surface area contributed by atoms with Crippen LogP contribution in [0.25, 0.3) is 10.2 Å². The number of para-hydroxylation sites is 1. The first kappa shape index (κ1) is 17.2. The van der Waals surface area contributed by atoms with E-state index in [-0.39, 0.29) is 5.91 Å². The van der Waals surface area contributed by atoms with Crippen LogP contribution in [0.3, 0.4) is 0 Å². The van der Waals surface area contributed by atoms with E-state index in [9.17, 15) is 4.79 Å². The number of thiazole rings is 1. The van der Waals surface area contributed by atoms with E-state index >= 15 is 0 Å². The van der Waals surface area contributed by atoms with Crippen molar-refractivity contribution in [1.82, 2.24) is 4.98 Å². The Morgan fingerprint density at radius 1 is 0.926 bits per heavy atom. The molecule has 0 unspecified atom stereocenters. The molecule has 0 spiro atoms. The maximum absolute atomic E-state index is 12.7. The number of benzene rings is 3. The lowest BCUT2D eigenvalue weighted by Gasteiger charge is -2.07. The van der Waals surface area contributed by atoms with Crippen molar-refractivity contribution in [2.24, 2.45) is 0 Å². The third kappa shape index (κ3) is 3.68. The van der Waals surface area contributed by atoms with Crippen molar-refractivity contribution in [3.05, 3.63) is 83.4 Å². The fourth-order valence-electron chi connectivity index (χ4n) is 2.81. The molecular weight excluding hydrogens is 356 g/mol. The molecule has 0 aliphatic heterocycles. The maximum Gasteiger partial charge on any atom is 0.257 e. The van der Waals surface area contributed by atoms with Gasteiger partial charge in [-0.05, 0) is 55.3 Å². The summed E-state index contributed by atoms with van der Waals surface area (Å²) in [6.45, 7) is 4.08. The topological polar surface area (TPSA) is 51.2 Å². The normalized spacial score (nSPS) is 10.7. The second-order valence-electron chi connectivity index (χ2n) is 6.29. The first-order valence-electron chi connectivity index (χ1n) is 8.61. The predicted octanol–water partition coefficient (Wildman–Crippen LogP) is 5.96. The lowest BCUT2D eigenvalue weighted by Crippen LogP contribution is -2.11. The van der Waals surface area contributed by atoms with Gasteiger partial charge >= 0.3 is 0 Å². The van der Waals surface area contributed by atoms with Crippen LogP contribution in [-0.4, -0.2) is 10.9 Å². The lowest BCUT2D eigenvalue weighted by atomic mass is 10.1. The van der Waals surface area contributed by atoms with Gasteiger partial charge in [0.25, 0.3) is 5.91 Å². The molecule has 0 fully saturated rings. The molecule has 1 amide bonds. The summed E-state index contributed by atoms with van der Waals surface area (Å²) in [6.07, 6.45) is 0. The van der Waals surface area contributed by atoms with Crippen LogP contribution in [0.1, 0.15) is 21.5 Å². The molecule has 1 N–H and O–H groups in total. The van der Waals surface area contributed by atoms with Crippen molar-refractivity contribution >= 4 is 32.6 Å². The van der Waals surface area contributed by atoms with Crippen molar-refractivity contribution < 1.29 is 9.53 Å². The number of anilines is 1. The van der Waals surface area contributed by atoms with Crippen molar-refractivity contribution in [1.29, 1.82) is 0 Å². The Bertz CT molecular complexity index is 1080. The third-order valence-electron chi connectivity index (χ3n) is 4.24. The fraction of sp³-hybridized carbons (Fsp3) is 0.0909. The number of aromatic nitrogens is 1. The minimum Gasteiger partial charge on any atom is -0.457 e. The first-order chi connectivity index (χ1) is 13.1. The van der Waals surface area contributed by atoms with Crippen LogP contribution < -0.4 is 10.1 Å². The Balaban J connectivity index is 1.56. The van der Waals surface area contributed by atoms with Crippen LogP contribution in [0.2, 0.25) is 0 Å². The summed E-state index contributed by atoms with van der Waals surface area (Å²) >= 11 is 1.49.